The van der Waals surface area contributed by atoms with Gasteiger partial charge in [-0.3, -0.25) is 0 Å². The first kappa shape index (κ1) is 19.0. The number of benzene rings is 3. The first-order valence-corrected chi connectivity index (χ1v) is 10.9. The summed E-state index contributed by atoms with van der Waals surface area (Å²) >= 11 is 0. The summed E-state index contributed by atoms with van der Waals surface area (Å²) < 4.78 is 0. The number of piperidine rings is 1. The van der Waals surface area contributed by atoms with Gasteiger partial charge in [0.15, 0.2) is 0 Å². The summed E-state index contributed by atoms with van der Waals surface area (Å²) in [5.74, 6) is 0.937. The molecule has 5 rings (SSSR count). The number of phenolic OH excluding ortho intramolecular Hbond substituents is 1. The zero-order valence-electron chi connectivity index (χ0n) is 17.2. The predicted octanol–water partition coefficient (Wildman–Crippen LogP) is 5.96. The first-order chi connectivity index (χ1) is 14.8. The van der Waals surface area contributed by atoms with E-state index in [0.29, 0.717) is 11.7 Å². The van der Waals surface area contributed by atoms with E-state index < -0.39 is 0 Å². The molecule has 4 aromatic rings. The lowest BCUT2D eigenvalue weighted by atomic mass is 9.86. The Bertz CT molecular complexity index is 1120. The molecule has 0 spiro atoms. The highest BCUT2D eigenvalue weighted by atomic mass is 16.3. The van der Waals surface area contributed by atoms with Crippen molar-refractivity contribution in [1.82, 2.24) is 9.88 Å². The van der Waals surface area contributed by atoms with Crippen LogP contribution in [0.3, 0.4) is 0 Å². The van der Waals surface area contributed by atoms with Crippen molar-refractivity contribution < 1.29 is 5.11 Å². The van der Waals surface area contributed by atoms with Gasteiger partial charge >= 0.3 is 0 Å². The number of nitrogens with one attached hydrogen (secondary N) is 1. The van der Waals surface area contributed by atoms with Gasteiger partial charge < -0.3 is 15.0 Å². The van der Waals surface area contributed by atoms with Crippen molar-refractivity contribution in [1.29, 1.82) is 0 Å². The van der Waals surface area contributed by atoms with Crippen LogP contribution in [-0.4, -0.2) is 34.6 Å². The van der Waals surface area contributed by atoms with Crippen molar-refractivity contribution in [3.8, 4) is 17.0 Å². The van der Waals surface area contributed by atoms with Crippen LogP contribution in [-0.2, 0) is 6.42 Å². The second-order valence-corrected chi connectivity index (χ2v) is 8.36. The van der Waals surface area contributed by atoms with Crippen LogP contribution in [0.1, 0.15) is 29.9 Å². The molecule has 1 saturated heterocycles. The molecule has 1 aromatic heterocycles. The Kier molecular flexibility index (Phi) is 5.29. The number of para-hydroxylation sites is 1. The standard InChI is InChI=1S/C27H28N2O/c30-23-10-6-7-20(19-23)13-16-29-17-14-21(15-18-29)26-24-11-4-5-12-25(24)28-27(26)22-8-2-1-3-9-22/h1-12,19,21,28,30H,13-18H2. The SMILES string of the molecule is Oc1cccc(CCN2CCC(c3c(-c4ccccc4)[nH]c4ccccc34)CC2)c1. The zero-order valence-corrected chi connectivity index (χ0v) is 17.2. The smallest absolute Gasteiger partial charge is 0.115 e. The van der Waals surface area contributed by atoms with Crippen LogP contribution in [0.25, 0.3) is 22.2 Å². The van der Waals surface area contributed by atoms with Gasteiger partial charge in [-0.05, 0) is 73.2 Å². The highest BCUT2D eigenvalue weighted by molar-refractivity contribution is 5.91. The van der Waals surface area contributed by atoms with Gasteiger partial charge in [0.2, 0.25) is 0 Å². The highest BCUT2D eigenvalue weighted by Crippen LogP contribution is 2.40. The lowest BCUT2D eigenvalue weighted by Gasteiger charge is -2.32. The van der Waals surface area contributed by atoms with E-state index in [0.717, 1.165) is 26.1 Å². The van der Waals surface area contributed by atoms with E-state index in [1.54, 1.807) is 6.07 Å². The largest absolute Gasteiger partial charge is 0.508 e. The van der Waals surface area contributed by atoms with Crippen LogP contribution >= 0.6 is 0 Å². The minimum absolute atomic E-state index is 0.360. The Hall–Kier alpha value is -3.04. The fourth-order valence-corrected chi connectivity index (χ4v) is 4.86. The molecule has 3 aromatic carbocycles. The van der Waals surface area contributed by atoms with Gasteiger partial charge in [-0.25, -0.2) is 0 Å². The Morgan fingerprint density at radius 1 is 0.867 bits per heavy atom. The summed E-state index contributed by atoms with van der Waals surface area (Å²) in [6.07, 6.45) is 3.35. The lowest BCUT2D eigenvalue weighted by molar-refractivity contribution is 0.215. The number of H-pyrrole nitrogens is 1. The number of fused-ring (bicyclic) bond motifs is 1. The Balaban J connectivity index is 1.33. The molecule has 1 aliphatic heterocycles. The molecule has 0 saturated carbocycles. The topological polar surface area (TPSA) is 39.3 Å². The predicted molar refractivity (Wildman–Crippen MR) is 124 cm³/mol. The summed E-state index contributed by atoms with van der Waals surface area (Å²) in [6.45, 7) is 3.30. The summed E-state index contributed by atoms with van der Waals surface area (Å²) in [5.41, 5.74) is 6.49. The molecule has 0 unspecified atom stereocenters. The van der Waals surface area contributed by atoms with Crippen molar-refractivity contribution in [3.63, 3.8) is 0 Å². The number of aromatic amines is 1. The van der Waals surface area contributed by atoms with E-state index in [4.69, 9.17) is 0 Å². The van der Waals surface area contributed by atoms with Gasteiger partial charge in [-0.1, -0.05) is 60.7 Å². The van der Waals surface area contributed by atoms with E-state index in [1.165, 1.54) is 46.1 Å². The third-order valence-corrected chi connectivity index (χ3v) is 6.43. The Morgan fingerprint density at radius 3 is 2.43 bits per heavy atom. The first-order valence-electron chi connectivity index (χ1n) is 10.9. The summed E-state index contributed by atoms with van der Waals surface area (Å²) in [4.78, 5) is 6.27. The number of rotatable bonds is 5. The Labute approximate surface area is 178 Å². The third kappa shape index (κ3) is 3.86. The quantitative estimate of drug-likeness (QED) is 0.437. The van der Waals surface area contributed by atoms with Gasteiger partial charge in [0.1, 0.15) is 5.75 Å². The normalized spacial score (nSPS) is 15.6. The molecule has 0 amide bonds. The van der Waals surface area contributed by atoms with Gasteiger partial charge in [-0.2, -0.15) is 0 Å². The van der Waals surface area contributed by atoms with Crippen LogP contribution in [0.4, 0.5) is 0 Å². The fourth-order valence-electron chi connectivity index (χ4n) is 4.86. The van der Waals surface area contributed by atoms with Gasteiger partial charge in [0.05, 0.1) is 0 Å². The van der Waals surface area contributed by atoms with Crippen LogP contribution in [0, 0.1) is 0 Å². The summed E-state index contributed by atoms with van der Waals surface area (Å²) in [5, 5.41) is 11.1. The van der Waals surface area contributed by atoms with Crippen molar-refractivity contribution in [2.24, 2.45) is 0 Å². The van der Waals surface area contributed by atoms with E-state index >= 15 is 0 Å². The maximum atomic E-state index is 9.68. The van der Waals surface area contributed by atoms with Crippen molar-refractivity contribution in [3.05, 3.63) is 90.0 Å². The number of phenols is 1. The van der Waals surface area contributed by atoms with Crippen molar-refractivity contribution >= 4 is 10.9 Å². The second-order valence-electron chi connectivity index (χ2n) is 8.36. The number of hydrogen-bond acceptors (Lipinski definition) is 2. The molecule has 0 aliphatic carbocycles. The monoisotopic (exact) mass is 396 g/mol. The molecule has 0 atom stereocenters. The van der Waals surface area contributed by atoms with Gasteiger partial charge in [0, 0.05) is 23.1 Å². The van der Waals surface area contributed by atoms with E-state index in [-0.39, 0.29) is 0 Å². The molecular weight excluding hydrogens is 368 g/mol. The molecule has 2 N–H and O–H groups in total. The van der Waals surface area contributed by atoms with Gasteiger partial charge in [-0.15, -0.1) is 0 Å². The molecule has 3 heteroatoms. The average Bonchev–Trinajstić information content (AvgIpc) is 3.18. The van der Waals surface area contributed by atoms with Gasteiger partial charge in [0.25, 0.3) is 0 Å². The van der Waals surface area contributed by atoms with E-state index in [9.17, 15) is 5.11 Å². The minimum atomic E-state index is 0.360. The maximum Gasteiger partial charge on any atom is 0.115 e. The minimum Gasteiger partial charge on any atom is -0.508 e. The Morgan fingerprint density at radius 2 is 1.63 bits per heavy atom. The summed E-state index contributed by atoms with van der Waals surface area (Å²) in [7, 11) is 0. The molecule has 2 heterocycles. The third-order valence-electron chi connectivity index (χ3n) is 6.43. The highest BCUT2D eigenvalue weighted by Gasteiger charge is 2.26. The zero-order chi connectivity index (χ0) is 20.3. The van der Waals surface area contributed by atoms with E-state index in [2.05, 4.69) is 70.5 Å². The average molecular weight is 397 g/mol. The van der Waals surface area contributed by atoms with Crippen molar-refractivity contribution in [2.45, 2.75) is 25.2 Å². The number of aromatic nitrogens is 1. The van der Waals surface area contributed by atoms with Crippen LogP contribution in [0.15, 0.2) is 78.9 Å². The van der Waals surface area contributed by atoms with E-state index in [1.807, 2.05) is 12.1 Å². The maximum absolute atomic E-state index is 9.68. The molecule has 3 nitrogen and oxygen atoms in total. The molecule has 0 radical (unpaired) electrons. The number of hydrogen-bond donors (Lipinski definition) is 2. The molecular formula is C27H28N2O. The molecule has 1 aliphatic rings. The number of nitrogens with zero attached hydrogens (tertiary/aromatic N) is 1. The molecule has 30 heavy (non-hydrogen) atoms. The second kappa shape index (κ2) is 8.37. The van der Waals surface area contributed by atoms with Crippen LogP contribution in [0.2, 0.25) is 0 Å². The fraction of sp³-hybridized carbons (Fsp3) is 0.259. The number of aromatic hydroxyl groups is 1. The molecule has 1 fully saturated rings. The van der Waals surface area contributed by atoms with Crippen LogP contribution < -0.4 is 0 Å². The lowest BCUT2D eigenvalue weighted by Crippen LogP contribution is -2.34. The van der Waals surface area contributed by atoms with Crippen molar-refractivity contribution in [2.75, 3.05) is 19.6 Å². The number of likely N-dealkylation sites (tertiary alicyclic amines) is 1. The summed E-state index contributed by atoms with van der Waals surface area (Å²) in [6, 6.07) is 27.1. The molecule has 152 valence electrons. The molecule has 0 bridgehead atoms. The van der Waals surface area contributed by atoms with Crippen LogP contribution in [0.5, 0.6) is 5.75 Å².